The van der Waals surface area contributed by atoms with Crippen LogP contribution in [0.1, 0.15) is 6.92 Å². The van der Waals surface area contributed by atoms with E-state index in [1.54, 1.807) is 0 Å². The van der Waals surface area contributed by atoms with Crippen molar-refractivity contribution in [2.75, 3.05) is 0 Å². The minimum Gasteiger partial charge on any atom is -0.291 e. The Labute approximate surface area is 52.8 Å². The largest absolute Gasteiger partial charge is 0.291 e. The highest BCUT2D eigenvalue weighted by atomic mass is 35.5. The van der Waals surface area contributed by atoms with Crippen LogP contribution in [0.4, 0.5) is 0 Å². The average molecular weight is 139 g/mol. The molecule has 0 rings (SSSR count). The Balaban J connectivity index is 0. The zero-order chi connectivity index (χ0) is 5.86. The van der Waals surface area contributed by atoms with Gasteiger partial charge in [0.05, 0.1) is 0 Å². The fraction of sp³-hybridized carbons (Fsp3) is 0.333. The van der Waals surface area contributed by atoms with Gasteiger partial charge in [0.25, 0.3) is 0 Å². The first-order chi connectivity index (χ1) is 3.18. The molecule has 0 unspecified atom stereocenters. The van der Waals surface area contributed by atoms with E-state index in [9.17, 15) is 4.79 Å². The molecule has 0 heterocycles. The highest BCUT2D eigenvalue weighted by Crippen LogP contribution is 1.64. The summed E-state index contributed by atoms with van der Waals surface area (Å²) in [5, 5.41) is 14.3. The van der Waals surface area contributed by atoms with Crippen molar-refractivity contribution in [3.05, 3.63) is 0 Å². The molecule has 0 fully saturated rings. The lowest BCUT2D eigenvalue weighted by molar-refractivity contribution is -0.111. The molecule has 0 aromatic carbocycles. The summed E-state index contributed by atoms with van der Waals surface area (Å²) in [7, 11) is 0. The summed E-state index contributed by atoms with van der Waals surface area (Å²) in [4.78, 5) is 9.93. The molecule has 3 N–H and O–H groups in total. The zero-order valence-electron chi connectivity index (χ0n) is 4.26. The molecule has 0 aromatic heterocycles. The van der Waals surface area contributed by atoms with E-state index in [0.717, 1.165) is 0 Å². The molecule has 5 heteroatoms. The van der Waals surface area contributed by atoms with Gasteiger partial charge in [-0.1, -0.05) is 0 Å². The van der Waals surface area contributed by atoms with E-state index in [1.165, 1.54) is 12.4 Å². The first-order valence-electron chi connectivity index (χ1n) is 1.68. The van der Waals surface area contributed by atoms with Gasteiger partial charge in [0.15, 0.2) is 11.6 Å². The summed E-state index contributed by atoms with van der Waals surface area (Å²) in [6.45, 7) is 1.19. The summed E-state index contributed by atoms with van der Waals surface area (Å²) < 4.78 is 0. The summed E-state index contributed by atoms with van der Waals surface area (Å²) in [5.74, 6) is -0.970. The van der Waals surface area contributed by atoms with Crippen LogP contribution in [0.2, 0.25) is 0 Å². The van der Waals surface area contributed by atoms with Crippen LogP contribution in [0.25, 0.3) is 0 Å². The van der Waals surface area contributed by atoms with Gasteiger partial charge in [0.2, 0.25) is 0 Å². The van der Waals surface area contributed by atoms with Crippen LogP contribution in [0, 0.1) is 5.41 Å². The van der Waals surface area contributed by atoms with Crippen LogP contribution >= 0.6 is 12.4 Å². The van der Waals surface area contributed by atoms with E-state index in [4.69, 9.17) is 10.6 Å². The molecule has 0 aromatic rings. The normalized spacial score (nSPS) is 6.75. The number of carbonyl (C=O) groups excluding carboxylic acids is 1. The summed E-state index contributed by atoms with van der Waals surface area (Å²) >= 11 is 0. The van der Waals surface area contributed by atoms with Gasteiger partial charge in [-0.2, -0.15) is 0 Å². The minimum absolute atomic E-state index is 0. The van der Waals surface area contributed by atoms with Gasteiger partial charge in [-0.3, -0.25) is 15.4 Å². The van der Waals surface area contributed by atoms with Crippen molar-refractivity contribution in [2.24, 2.45) is 0 Å². The standard InChI is InChI=1S/C3H6N2O2.ClH/c1-2(6)3(4)5-7;/h7H,1H3,(H2,4,5);1H. The molecule has 0 atom stereocenters. The zero-order valence-corrected chi connectivity index (χ0v) is 5.08. The van der Waals surface area contributed by atoms with E-state index >= 15 is 0 Å². The fourth-order valence-corrected chi connectivity index (χ4v) is 0.0787. The van der Waals surface area contributed by atoms with Gasteiger partial charge in [0, 0.05) is 6.92 Å². The lowest BCUT2D eigenvalue weighted by atomic mass is 10.4. The smallest absolute Gasteiger partial charge is 0.196 e. The highest BCUT2D eigenvalue weighted by Gasteiger charge is 1.96. The van der Waals surface area contributed by atoms with E-state index in [2.05, 4.69) is 0 Å². The van der Waals surface area contributed by atoms with Crippen LogP contribution in [-0.2, 0) is 4.79 Å². The Morgan fingerprint density at radius 2 is 2.12 bits per heavy atom. The second-order valence-corrected chi connectivity index (χ2v) is 1.04. The quantitative estimate of drug-likeness (QED) is 0.270. The monoisotopic (exact) mass is 138 g/mol. The maximum atomic E-state index is 9.93. The molecule has 0 radical (unpaired) electrons. The molecule has 4 nitrogen and oxygen atoms in total. The topological polar surface area (TPSA) is 73.2 Å². The molecule has 0 aliphatic rings. The Morgan fingerprint density at radius 3 is 2.12 bits per heavy atom. The molecular weight excluding hydrogens is 131 g/mol. The Morgan fingerprint density at radius 1 is 1.75 bits per heavy atom. The van der Waals surface area contributed by atoms with Crippen LogP contribution in [-0.4, -0.2) is 16.8 Å². The van der Waals surface area contributed by atoms with Crippen molar-refractivity contribution in [3.63, 3.8) is 0 Å². The molecule has 0 saturated heterocycles. The number of hydroxylamine groups is 1. The Kier molecular flexibility index (Phi) is 5.90. The lowest BCUT2D eigenvalue weighted by Gasteiger charge is -1.90. The van der Waals surface area contributed by atoms with Crippen LogP contribution in [0.15, 0.2) is 0 Å². The van der Waals surface area contributed by atoms with Gasteiger partial charge in [-0.25, -0.2) is 5.48 Å². The highest BCUT2D eigenvalue weighted by molar-refractivity contribution is 6.36. The summed E-state index contributed by atoms with van der Waals surface area (Å²) in [5.41, 5.74) is 1.40. The third-order valence-corrected chi connectivity index (χ3v) is 0.464. The number of hydrogen-bond donors (Lipinski definition) is 3. The molecule has 0 aliphatic heterocycles. The second kappa shape index (κ2) is 4.55. The van der Waals surface area contributed by atoms with E-state index in [1.807, 2.05) is 0 Å². The van der Waals surface area contributed by atoms with Crippen LogP contribution in [0.3, 0.4) is 0 Å². The summed E-state index contributed by atoms with van der Waals surface area (Å²) in [6, 6.07) is 0. The SMILES string of the molecule is CC(=O)C(=N)NO.Cl. The van der Waals surface area contributed by atoms with Crippen molar-refractivity contribution in [3.8, 4) is 0 Å². The van der Waals surface area contributed by atoms with E-state index in [0.29, 0.717) is 0 Å². The molecule has 0 saturated carbocycles. The van der Waals surface area contributed by atoms with Crippen molar-refractivity contribution >= 4 is 24.0 Å². The molecular formula is C3H7ClN2O2. The molecule has 0 spiro atoms. The molecule has 0 bridgehead atoms. The van der Waals surface area contributed by atoms with E-state index < -0.39 is 11.6 Å². The van der Waals surface area contributed by atoms with Gasteiger partial charge in [0.1, 0.15) is 0 Å². The first-order valence-corrected chi connectivity index (χ1v) is 1.68. The van der Waals surface area contributed by atoms with Crippen molar-refractivity contribution < 1.29 is 10.0 Å². The third-order valence-electron chi connectivity index (χ3n) is 0.464. The molecule has 48 valence electrons. The van der Waals surface area contributed by atoms with Crippen molar-refractivity contribution in [1.82, 2.24) is 5.48 Å². The lowest BCUT2D eigenvalue weighted by Crippen LogP contribution is -2.24. The van der Waals surface area contributed by atoms with Gasteiger partial charge in [-0.15, -0.1) is 12.4 Å². The molecule has 0 amide bonds. The number of rotatable bonds is 1. The van der Waals surface area contributed by atoms with E-state index in [-0.39, 0.29) is 12.4 Å². The molecule has 8 heavy (non-hydrogen) atoms. The predicted molar refractivity (Wildman–Crippen MR) is 30.6 cm³/mol. The molecule has 0 aliphatic carbocycles. The van der Waals surface area contributed by atoms with Crippen LogP contribution in [0.5, 0.6) is 0 Å². The van der Waals surface area contributed by atoms with Gasteiger partial charge in [-0.05, 0) is 0 Å². The van der Waals surface area contributed by atoms with Gasteiger partial charge >= 0.3 is 0 Å². The number of nitrogens with one attached hydrogen (secondary N) is 2. The predicted octanol–water partition coefficient (Wildman–Crippen LogP) is -0.0467. The number of amidine groups is 1. The number of carbonyl (C=O) groups is 1. The second-order valence-electron chi connectivity index (χ2n) is 1.04. The minimum atomic E-state index is -0.486. The summed E-state index contributed by atoms with van der Waals surface area (Å²) in [6.07, 6.45) is 0. The van der Waals surface area contributed by atoms with Gasteiger partial charge < -0.3 is 0 Å². The number of ketones is 1. The Bertz CT molecular complexity index is 103. The number of hydrogen-bond acceptors (Lipinski definition) is 3. The maximum absolute atomic E-state index is 9.93. The Hall–Kier alpha value is -0.610. The number of Topliss-reactive ketones (excluding diaryl/α,β-unsaturated/α-hetero) is 1. The van der Waals surface area contributed by atoms with Crippen molar-refractivity contribution in [1.29, 1.82) is 5.41 Å². The first kappa shape index (κ1) is 10.4. The fourth-order valence-electron chi connectivity index (χ4n) is 0.0787. The number of halogens is 1. The van der Waals surface area contributed by atoms with Crippen LogP contribution < -0.4 is 5.48 Å². The maximum Gasteiger partial charge on any atom is 0.196 e. The van der Waals surface area contributed by atoms with Crippen molar-refractivity contribution in [2.45, 2.75) is 6.92 Å². The average Bonchev–Trinajstić information content (AvgIpc) is 1.65. The third kappa shape index (κ3) is 3.58.